The highest BCUT2D eigenvalue weighted by atomic mass is 16.2. The van der Waals surface area contributed by atoms with Gasteiger partial charge in [0, 0.05) is 44.1 Å². The first kappa shape index (κ1) is 25.9. The molecule has 2 aromatic rings. The number of nitrogens with one attached hydrogen (secondary N) is 3. The minimum absolute atomic E-state index is 0.0158. The summed E-state index contributed by atoms with van der Waals surface area (Å²) in [5, 5.41) is 13.5. The molecule has 6 rings (SSSR count). The Hall–Kier alpha value is -3.40. The van der Waals surface area contributed by atoms with Gasteiger partial charge in [0.15, 0.2) is 0 Å². The molecule has 4 aliphatic rings. The molecular formula is C29H39N7O3. The van der Waals surface area contributed by atoms with Crippen molar-refractivity contribution in [3.63, 3.8) is 0 Å². The molecule has 0 bridgehead atoms. The number of aromatic nitrogens is 2. The molecule has 2 atom stereocenters. The van der Waals surface area contributed by atoms with E-state index in [-0.39, 0.29) is 35.8 Å². The molecule has 4 amide bonds. The summed E-state index contributed by atoms with van der Waals surface area (Å²) < 4.78 is 1.70. The van der Waals surface area contributed by atoms with Crippen LogP contribution in [0.25, 0.3) is 0 Å². The molecule has 39 heavy (non-hydrogen) atoms. The minimum Gasteiger partial charge on any atom is -0.339 e. The summed E-state index contributed by atoms with van der Waals surface area (Å²) in [6, 6.07) is 7.11. The Morgan fingerprint density at radius 1 is 1.10 bits per heavy atom. The van der Waals surface area contributed by atoms with Crippen molar-refractivity contribution in [2.24, 2.45) is 17.8 Å². The molecule has 2 saturated carbocycles. The fourth-order valence-corrected chi connectivity index (χ4v) is 6.51. The van der Waals surface area contributed by atoms with E-state index in [0.29, 0.717) is 30.6 Å². The Morgan fingerprint density at radius 3 is 2.49 bits per heavy atom. The monoisotopic (exact) mass is 533 g/mol. The maximum Gasteiger partial charge on any atom is 0.318 e. The van der Waals surface area contributed by atoms with Crippen molar-refractivity contribution < 1.29 is 14.4 Å². The van der Waals surface area contributed by atoms with Gasteiger partial charge in [-0.15, -0.1) is 0 Å². The lowest BCUT2D eigenvalue weighted by molar-refractivity contribution is -0.119. The highest BCUT2D eigenvalue weighted by molar-refractivity contribution is 6.01. The minimum atomic E-state index is -0.604. The molecule has 3 fully saturated rings. The highest BCUT2D eigenvalue weighted by Crippen LogP contribution is 2.51. The lowest BCUT2D eigenvalue weighted by atomic mass is 9.88. The van der Waals surface area contributed by atoms with Crippen LogP contribution < -0.4 is 16.0 Å². The van der Waals surface area contributed by atoms with Crippen LogP contribution in [0.4, 0.5) is 10.5 Å². The zero-order valence-corrected chi connectivity index (χ0v) is 23.0. The molecule has 2 unspecified atom stereocenters. The molecule has 2 aliphatic carbocycles. The van der Waals surface area contributed by atoms with Crippen molar-refractivity contribution in [1.82, 2.24) is 30.2 Å². The van der Waals surface area contributed by atoms with Gasteiger partial charge < -0.3 is 20.9 Å². The van der Waals surface area contributed by atoms with E-state index in [2.05, 4.69) is 33.0 Å². The average Bonchev–Trinajstić information content (AvgIpc) is 3.82. The van der Waals surface area contributed by atoms with Gasteiger partial charge in [-0.25, -0.2) is 4.79 Å². The van der Waals surface area contributed by atoms with E-state index >= 15 is 0 Å². The molecule has 208 valence electrons. The highest BCUT2D eigenvalue weighted by Gasteiger charge is 2.48. The fourth-order valence-electron chi connectivity index (χ4n) is 6.51. The van der Waals surface area contributed by atoms with E-state index in [1.165, 1.54) is 0 Å². The SMILES string of the molecule is CC(C)n1nccc1C(=O)NC(C(=O)Nc1ccc2c(c1)CN(C)CC2N1CCNC1=O)C(C1CC1)C1CC1. The molecule has 1 saturated heterocycles. The normalized spacial score (nSPS) is 22.1. The number of carbonyl (C=O) groups is 3. The largest absolute Gasteiger partial charge is 0.339 e. The smallest absolute Gasteiger partial charge is 0.318 e. The number of nitrogens with zero attached hydrogens (tertiary/aromatic N) is 4. The van der Waals surface area contributed by atoms with E-state index in [1.54, 1.807) is 16.9 Å². The first-order chi connectivity index (χ1) is 18.8. The molecule has 0 spiro atoms. The lowest BCUT2D eigenvalue weighted by Gasteiger charge is -2.37. The first-order valence-electron chi connectivity index (χ1n) is 14.3. The number of amides is 4. The zero-order chi connectivity index (χ0) is 27.3. The quantitative estimate of drug-likeness (QED) is 0.459. The van der Waals surface area contributed by atoms with E-state index in [9.17, 15) is 14.4 Å². The van der Waals surface area contributed by atoms with Gasteiger partial charge in [-0.2, -0.15) is 5.10 Å². The second-order valence-corrected chi connectivity index (χ2v) is 12.0. The van der Waals surface area contributed by atoms with Crippen LogP contribution in [0.15, 0.2) is 30.5 Å². The second kappa shape index (κ2) is 10.3. The molecule has 2 aliphatic heterocycles. The average molecular weight is 534 g/mol. The molecule has 3 N–H and O–H groups in total. The zero-order valence-electron chi connectivity index (χ0n) is 23.0. The molecular weight excluding hydrogens is 494 g/mol. The van der Waals surface area contributed by atoms with Gasteiger partial charge in [-0.1, -0.05) is 6.07 Å². The molecule has 3 heterocycles. The van der Waals surface area contributed by atoms with Crippen LogP contribution >= 0.6 is 0 Å². The van der Waals surface area contributed by atoms with Crippen molar-refractivity contribution in [2.75, 3.05) is 32.0 Å². The van der Waals surface area contributed by atoms with Gasteiger partial charge >= 0.3 is 6.03 Å². The van der Waals surface area contributed by atoms with Gasteiger partial charge in [-0.05, 0) is 93.7 Å². The Balaban J connectivity index is 1.24. The summed E-state index contributed by atoms with van der Waals surface area (Å²) in [7, 11) is 2.05. The van der Waals surface area contributed by atoms with E-state index in [4.69, 9.17) is 0 Å². The third kappa shape index (κ3) is 5.26. The van der Waals surface area contributed by atoms with Crippen LogP contribution in [0.2, 0.25) is 0 Å². The molecule has 1 aromatic heterocycles. The van der Waals surface area contributed by atoms with Gasteiger partial charge in [0.25, 0.3) is 5.91 Å². The maximum absolute atomic E-state index is 13.9. The van der Waals surface area contributed by atoms with Crippen molar-refractivity contribution in [1.29, 1.82) is 0 Å². The van der Waals surface area contributed by atoms with Crippen molar-refractivity contribution in [3.05, 3.63) is 47.3 Å². The molecule has 10 heteroatoms. The fraction of sp³-hybridized carbons (Fsp3) is 0.586. The number of rotatable bonds is 9. The van der Waals surface area contributed by atoms with Crippen LogP contribution in [-0.4, -0.2) is 70.1 Å². The Kier molecular flexibility index (Phi) is 6.82. The van der Waals surface area contributed by atoms with E-state index in [0.717, 1.165) is 55.6 Å². The van der Waals surface area contributed by atoms with Crippen LogP contribution in [0, 0.1) is 17.8 Å². The number of likely N-dealkylation sites (N-methyl/N-ethyl adjacent to an activating group) is 1. The maximum atomic E-state index is 13.9. The summed E-state index contributed by atoms with van der Waals surface area (Å²) in [6.45, 7) is 6.85. The third-order valence-corrected chi connectivity index (χ3v) is 8.64. The summed E-state index contributed by atoms with van der Waals surface area (Å²) in [5.74, 6) is 0.682. The summed E-state index contributed by atoms with van der Waals surface area (Å²) in [5.41, 5.74) is 3.43. The molecule has 1 aromatic carbocycles. The van der Waals surface area contributed by atoms with Crippen LogP contribution in [0.3, 0.4) is 0 Å². The Bertz CT molecular complexity index is 1250. The van der Waals surface area contributed by atoms with Crippen LogP contribution in [0.1, 0.15) is 73.2 Å². The number of carbonyl (C=O) groups excluding carboxylic acids is 3. The topological polar surface area (TPSA) is 112 Å². The number of fused-ring (bicyclic) bond motifs is 1. The molecule has 10 nitrogen and oxygen atoms in total. The van der Waals surface area contributed by atoms with E-state index in [1.807, 2.05) is 36.9 Å². The van der Waals surface area contributed by atoms with Crippen LogP contribution in [-0.2, 0) is 11.3 Å². The van der Waals surface area contributed by atoms with Gasteiger partial charge in [0.05, 0.1) is 6.04 Å². The standard InChI is InChI=1S/C29H39N7O3/c1-17(2)36-23(10-11-31-36)27(37)33-26(25(18-4-5-18)19-6-7-19)28(38)32-21-8-9-22-20(14-21)15-34(3)16-24(22)35-13-12-30-29(35)39/h8-11,14,17-19,24-26H,4-7,12-13,15-16H2,1-3H3,(H,30,39)(H,32,38)(H,33,37). The van der Waals surface area contributed by atoms with E-state index < -0.39 is 6.04 Å². The summed E-state index contributed by atoms with van der Waals surface area (Å²) in [4.78, 5) is 43.8. The Labute approximate surface area is 229 Å². The van der Waals surface area contributed by atoms with Crippen LogP contribution in [0.5, 0.6) is 0 Å². The third-order valence-electron chi connectivity index (χ3n) is 8.64. The summed E-state index contributed by atoms with van der Waals surface area (Å²) in [6.07, 6.45) is 6.08. The number of anilines is 1. The van der Waals surface area contributed by atoms with Crippen molar-refractivity contribution in [2.45, 2.75) is 64.2 Å². The predicted octanol–water partition coefficient (Wildman–Crippen LogP) is 3.15. The number of benzene rings is 1. The van der Waals surface area contributed by atoms with Gasteiger partial charge in [-0.3, -0.25) is 19.2 Å². The lowest BCUT2D eigenvalue weighted by Crippen LogP contribution is -2.50. The second-order valence-electron chi connectivity index (χ2n) is 12.0. The number of hydrogen-bond donors (Lipinski definition) is 3. The summed E-state index contributed by atoms with van der Waals surface area (Å²) >= 11 is 0. The van der Waals surface area contributed by atoms with Gasteiger partial charge in [0.2, 0.25) is 5.91 Å². The Morgan fingerprint density at radius 2 is 1.85 bits per heavy atom. The van der Waals surface area contributed by atoms with Crippen molar-refractivity contribution >= 4 is 23.5 Å². The molecule has 0 radical (unpaired) electrons. The first-order valence-corrected chi connectivity index (χ1v) is 14.3. The number of urea groups is 1. The predicted molar refractivity (Wildman–Crippen MR) is 147 cm³/mol. The van der Waals surface area contributed by atoms with Gasteiger partial charge in [0.1, 0.15) is 11.7 Å². The number of hydrogen-bond acceptors (Lipinski definition) is 5. The van der Waals surface area contributed by atoms with Crippen molar-refractivity contribution in [3.8, 4) is 0 Å².